The van der Waals surface area contributed by atoms with Crippen molar-refractivity contribution < 1.29 is 27.5 Å². The van der Waals surface area contributed by atoms with Crippen molar-refractivity contribution in [3.8, 4) is 5.75 Å². The third kappa shape index (κ3) is 8.12. The molecule has 13 heteroatoms. The fourth-order valence-corrected chi connectivity index (χ4v) is 7.80. The number of nitrogens with one attached hydrogen (secondary N) is 2. The number of amides is 1. The summed E-state index contributed by atoms with van der Waals surface area (Å²) >= 11 is 1.25. The van der Waals surface area contributed by atoms with Crippen molar-refractivity contribution in [3.05, 3.63) is 51.5 Å². The van der Waals surface area contributed by atoms with Gasteiger partial charge in [-0.2, -0.15) is 0 Å². The van der Waals surface area contributed by atoms with Gasteiger partial charge in [0.15, 0.2) is 5.01 Å². The normalized spacial score (nSPS) is 15.6. The van der Waals surface area contributed by atoms with E-state index < -0.39 is 27.8 Å². The van der Waals surface area contributed by atoms with E-state index in [1.54, 1.807) is 34.6 Å². The molecule has 45 heavy (non-hydrogen) atoms. The average Bonchev–Trinajstić information content (AvgIpc) is 3.35. The number of ketones is 1. The molecular formula is C32H43N5O6S2. The Bertz CT molecular complexity index is 1720. The molecular weight excluding hydrogens is 615 g/mol. The van der Waals surface area contributed by atoms with Gasteiger partial charge in [0.2, 0.25) is 11.7 Å². The lowest BCUT2D eigenvalue weighted by atomic mass is 9.88. The van der Waals surface area contributed by atoms with Gasteiger partial charge in [-0.05, 0) is 115 Å². The van der Waals surface area contributed by atoms with Crippen LogP contribution < -0.4 is 20.5 Å². The molecule has 11 nitrogen and oxygen atoms in total. The summed E-state index contributed by atoms with van der Waals surface area (Å²) in [5.41, 5.74) is 8.55. The zero-order valence-electron chi connectivity index (χ0n) is 27.2. The standard InChI is InChI=1S/C32H43N5O6S2/c1-18-19(2)27(20(3)21-15-16-32(7,8)42-26(18)21)45(40,41)37-29(33)34-17-11-13-23(36-30(39)43-31(4,5)6)25(38)28-35-22-12-9-10-14-24(22)44-28/h9-10,12,14,23H,11,13,15-17H2,1-8H3,(H,36,39)(H3,33,34,37)/t23-/m0/s1. The highest BCUT2D eigenvalue weighted by molar-refractivity contribution is 7.90. The van der Waals surface area contributed by atoms with Crippen molar-refractivity contribution in [3.63, 3.8) is 0 Å². The van der Waals surface area contributed by atoms with Gasteiger partial charge in [0.25, 0.3) is 10.0 Å². The average molecular weight is 658 g/mol. The first kappa shape index (κ1) is 34.2. The van der Waals surface area contributed by atoms with Crippen LogP contribution in [0.25, 0.3) is 10.2 Å². The van der Waals surface area contributed by atoms with Gasteiger partial charge >= 0.3 is 6.09 Å². The first-order valence-electron chi connectivity index (χ1n) is 14.9. The van der Waals surface area contributed by atoms with Gasteiger partial charge in [0.05, 0.1) is 21.2 Å². The molecule has 1 aliphatic heterocycles. The highest BCUT2D eigenvalue weighted by Gasteiger charge is 2.34. The minimum Gasteiger partial charge on any atom is -0.487 e. The van der Waals surface area contributed by atoms with Crippen molar-refractivity contribution in [2.24, 2.45) is 10.7 Å². The Kier molecular flexibility index (Phi) is 9.84. The highest BCUT2D eigenvalue weighted by Crippen LogP contribution is 2.42. The number of benzene rings is 2. The summed E-state index contributed by atoms with van der Waals surface area (Å²) in [7, 11) is -4.05. The lowest BCUT2D eigenvalue weighted by molar-refractivity contribution is 0.0488. The molecule has 2 heterocycles. The van der Waals surface area contributed by atoms with E-state index in [-0.39, 0.29) is 40.2 Å². The molecule has 0 spiro atoms. The largest absolute Gasteiger partial charge is 0.487 e. The van der Waals surface area contributed by atoms with Crippen LogP contribution in [0.3, 0.4) is 0 Å². The number of carbonyl (C=O) groups excluding carboxylic acids is 2. The minimum atomic E-state index is -4.05. The molecule has 2 aromatic carbocycles. The van der Waals surface area contributed by atoms with Gasteiger partial charge in [-0.1, -0.05) is 12.1 Å². The number of aliphatic imine (C=N–C) groups is 1. The molecule has 0 saturated carbocycles. The topological polar surface area (TPSA) is 162 Å². The Morgan fingerprint density at radius 1 is 1.16 bits per heavy atom. The molecule has 244 valence electrons. The summed E-state index contributed by atoms with van der Waals surface area (Å²) in [6, 6.07) is 6.48. The maximum Gasteiger partial charge on any atom is 0.408 e. The van der Waals surface area contributed by atoms with Crippen molar-refractivity contribution in [2.75, 3.05) is 6.54 Å². The number of Topliss-reactive ketones (excluding diaryl/α,β-unsaturated/α-hetero) is 1. The van der Waals surface area contributed by atoms with Crippen molar-refractivity contribution in [1.29, 1.82) is 0 Å². The summed E-state index contributed by atoms with van der Waals surface area (Å²) < 4.78 is 41.9. The zero-order valence-corrected chi connectivity index (χ0v) is 28.8. The lowest BCUT2D eigenvalue weighted by Crippen LogP contribution is -2.43. The summed E-state index contributed by atoms with van der Waals surface area (Å²) in [5.74, 6) is 0.133. The quantitative estimate of drug-likeness (QED) is 0.118. The number of nitrogens with two attached hydrogens (primary N) is 1. The lowest BCUT2D eigenvalue weighted by Gasteiger charge is -2.35. The molecule has 4 rings (SSSR count). The van der Waals surface area contributed by atoms with Crippen LogP contribution >= 0.6 is 11.3 Å². The molecule has 1 aromatic heterocycles. The number of sulfonamides is 1. The van der Waals surface area contributed by atoms with Crippen molar-refractivity contribution >= 4 is 49.4 Å². The second-order valence-corrected chi connectivity index (χ2v) is 15.6. The number of alkyl carbamates (subject to hydrolysis) is 1. The molecule has 0 unspecified atom stereocenters. The third-order valence-electron chi connectivity index (χ3n) is 7.62. The van der Waals surface area contributed by atoms with E-state index in [1.165, 1.54) is 11.3 Å². The summed E-state index contributed by atoms with van der Waals surface area (Å²) in [4.78, 5) is 34.8. The number of hydrogen-bond acceptors (Lipinski definition) is 9. The Morgan fingerprint density at radius 3 is 2.51 bits per heavy atom. The van der Waals surface area contributed by atoms with Crippen LogP contribution in [0, 0.1) is 20.8 Å². The SMILES string of the molecule is Cc1c(C)c(S(=O)(=O)NC(N)=NCCC[C@H](NC(=O)OC(C)(C)C)C(=O)c2nc3ccccc3s2)c(C)c2c1OC(C)(C)CC2. The molecule has 0 radical (unpaired) electrons. The zero-order chi connectivity index (χ0) is 33.3. The van der Waals surface area contributed by atoms with Crippen LogP contribution in [0.4, 0.5) is 4.79 Å². The molecule has 0 saturated heterocycles. The van der Waals surface area contributed by atoms with Gasteiger partial charge in [-0.3, -0.25) is 9.79 Å². The number of aromatic nitrogens is 1. The van der Waals surface area contributed by atoms with Gasteiger partial charge in [0.1, 0.15) is 17.0 Å². The highest BCUT2D eigenvalue weighted by atomic mass is 32.2. The van der Waals surface area contributed by atoms with Crippen LogP contribution in [-0.2, 0) is 21.2 Å². The first-order valence-corrected chi connectivity index (χ1v) is 17.2. The second kappa shape index (κ2) is 13.0. The first-order chi connectivity index (χ1) is 20.9. The van der Waals surface area contributed by atoms with Crippen LogP contribution in [-0.4, -0.2) is 55.0 Å². The second-order valence-electron chi connectivity index (χ2n) is 12.9. The summed E-state index contributed by atoms with van der Waals surface area (Å²) in [6.45, 7) is 14.8. The monoisotopic (exact) mass is 657 g/mol. The van der Waals surface area contributed by atoms with Gasteiger partial charge in [-0.25, -0.2) is 22.9 Å². The van der Waals surface area contributed by atoms with Crippen LogP contribution in [0.15, 0.2) is 34.2 Å². The van der Waals surface area contributed by atoms with E-state index in [4.69, 9.17) is 15.2 Å². The number of carbonyl (C=O) groups is 2. The molecule has 0 aliphatic carbocycles. The minimum absolute atomic E-state index is 0.109. The van der Waals surface area contributed by atoms with E-state index in [9.17, 15) is 18.0 Å². The Morgan fingerprint density at radius 2 is 1.84 bits per heavy atom. The number of ether oxygens (including phenoxy) is 2. The van der Waals surface area contributed by atoms with E-state index in [2.05, 4.69) is 20.0 Å². The smallest absolute Gasteiger partial charge is 0.408 e. The number of rotatable bonds is 9. The third-order valence-corrected chi connectivity index (χ3v) is 10.3. The van der Waals surface area contributed by atoms with Crippen LogP contribution in [0.2, 0.25) is 0 Å². The molecule has 0 fully saturated rings. The maximum atomic E-state index is 13.5. The van der Waals surface area contributed by atoms with Crippen LogP contribution in [0.1, 0.15) is 85.9 Å². The van der Waals surface area contributed by atoms with E-state index >= 15 is 0 Å². The number of guanidine groups is 1. The number of thiazole rings is 1. The fraction of sp³-hybridized carbons (Fsp3) is 0.500. The van der Waals surface area contributed by atoms with Gasteiger partial charge in [0, 0.05) is 6.54 Å². The van der Waals surface area contributed by atoms with Gasteiger partial charge < -0.3 is 20.5 Å². The number of hydrogen-bond donors (Lipinski definition) is 3. The Labute approximate surface area is 269 Å². The predicted octanol–water partition coefficient (Wildman–Crippen LogP) is 5.47. The van der Waals surface area contributed by atoms with Crippen molar-refractivity contribution in [2.45, 2.75) is 103 Å². The Hall–Kier alpha value is -3.71. The van der Waals surface area contributed by atoms with Crippen LogP contribution in [0.5, 0.6) is 5.75 Å². The number of nitrogens with zero attached hydrogens (tertiary/aromatic N) is 2. The molecule has 1 atom stereocenters. The molecule has 1 amide bonds. The molecule has 3 aromatic rings. The van der Waals surface area contributed by atoms with E-state index in [0.29, 0.717) is 29.5 Å². The summed E-state index contributed by atoms with van der Waals surface area (Å²) in [6.07, 6.45) is 1.28. The maximum absolute atomic E-state index is 13.5. The van der Waals surface area contributed by atoms with E-state index in [1.807, 2.05) is 45.0 Å². The van der Waals surface area contributed by atoms with Crippen molar-refractivity contribution in [1.82, 2.24) is 15.0 Å². The predicted molar refractivity (Wildman–Crippen MR) is 177 cm³/mol. The fourth-order valence-electron chi connectivity index (χ4n) is 5.31. The number of fused-ring (bicyclic) bond motifs is 2. The summed E-state index contributed by atoms with van der Waals surface area (Å²) in [5, 5.41) is 2.94. The Balaban J connectivity index is 1.47. The van der Waals surface area contributed by atoms with E-state index in [0.717, 1.165) is 28.0 Å². The molecule has 0 bridgehead atoms. The number of para-hydroxylation sites is 1. The van der Waals surface area contributed by atoms with Gasteiger partial charge in [-0.15, -0.1) is 11.3 Å². The molecule has 1 aliphatic rings. The molecule has 4 N–H and O–H groups in total.